The van der Waals surface area contributed by atoms with Crippen LogP contribution in [0.4, 0.5) is 5.69 Å². The van der Waals surface area contributed by atoms with E-state index in [1.54, 1.807) is 12.1 Å². The van der Waals surface area contributed by atoms with Gasteiger partial charge in [0.1, 0.15) is 12.6 Å². The number of nitro groups is 1. The summed E-state index contributed by atoms with van der Waals surface area (Å²) in [7, 11) is 2.07. The van der Waals surface area contributed by atoms with E-state index in [1.165, 1.54) is 44.6 Å². The van der Waals surface area contributed by atoms with Crippen molar-refractivity contribution in [1.82, 2.24) is 0 Å². The van der Waals surface area contributed by atoms with Crippen LogP contribution in [0.2, 0.25) is 0 Å². The molecule has 0 N–H and O–H groups in total. The van der Waals surface area contributed by atoms with Crippen molar-refractivity contribution in [3.63, 3.8) is 0 Å². The molecule has 1 amide bonds. The molecule has 0 saturated heterocycles. The summed E-state index contributed by atoms with van der Waals surface area (Å²) in [5.74, 6) is 2.38. The first kappa shape index (κ1) is 20.9. The number of fused-ring (bicyclic) bond motifs is 5. The molecule has 3 aliphatic carbocycles. The zero-order valence-electron chi connectivity index (χ0n) is 19.0. The van der Waals surface area contributed by atoms with E-state index < -0.39 is 0 Å². The monoisotopic (exact) mass is 423 g/mol. The molecule has 1 aliphatic heterocycles. The predicted molar refractivity (Wildman–Crippen MR) is 120 cm³/mol. The van der Waals surface area contributed by atoms with Gasteiger partial charge in [0.15, 0.2) is 0 Å². The molecule has 1 heterocycles. The van der Waals surface area contributed by atoms with Gasteiger partial charge >= 0.3 is 5.91 Å². The molecule has 0 bridgehead atoms. The van der Waals surface area contributed by atoms with Crippen molar-refractivity contribution in [2.75, 3.05) is 7.05 Å². The van der Waals surface area contributed by atoms with Crippen LogP contribution in [0, 0.1) is 38.7 Å². The number of amides is 1. The van der Waals surface area contributed by atoms with Gasteiger partial charge in [0, 0.05) is 35.6 Å². The summed E-state index contributed by atoms with van der Waals surface area (Å²) in [6.07, 6.45) is 13.1. The highest BCUT2D eigenvalue weighted by Crippen LogP contribution is 2.64. The smallest absolute Gasteiger partial charge is 0.258 e. The minimum absolute atomic E-state index is 0.0101. The van der Waals surface area contributed by atoms with E-state index in [0.29, 0.717) is 22.4 Å². The highest BCUT2D eigenvalue weighted by molar-refractivity contribution is 5.82. The molecule has 4 aliphatic rings. The second-order valence-electron chi connectivity index (χ2n) is 11.4. The minimum Gasteiger partial charge on any atom is -0.258 e. The number of carbonyl (C=O) groups excluding carboxylic acids is 1. The van der Waals surface area contributed by atoms with Crippen LogP contribution >= 0.6 is 0 Å². The zero-order valence-corrected chi connectivity index (χ0v) is 19.0. The maximum Gasteiger partial charge on any atom is 0.338 e. The summed E-state index contributed by atoms with van der Waals surface area (Å²) in [5, 5.41) is 11.3. The Morgan fingerprint density at radius 3 is 2.71 bits per heavy atom. The van der Waals surface area contributed by atoms with E-state index in [9.17, 15) is 14.9 Å². The fraction of sp³-hybridized carbons (Fsp3) is 0.654. The van der Waals surface area contributed by atoms with E-state index in [0.717, 1.165) is 23.8 Å². The molecule has 3 saturated carbocycles. The normalized spacial score (nSPS) is 43.8. The van der Waals surface area contributed by atoms with Crippen LogP contribution < -0.4 is 0 Å². The minimum atomic E-state index is -0.350. The summed E-state index contributed by atoms with van der Waals surface area (Å²) in [4.78, 5) is 24.2. The highest BCUT2D eigenvalue weighted by atomic mass is 16.6. The molecule has 0 spiro atoms. The Morgan fingerprint density at radius 2 is 1.94 bits per heavy atom. The molecule has 7 atom stereocenters. The van der Waals surface area contributed by atoms with E-state index in [4.69, 9.17) is 0 Å². The number of hydrogen-bond donors (Lipinski definition) is 0. The van der Waals surface area contributed by atoms with Gasteiger partial charge < -0.3 is 0 Å². The Hall–Kier alpha value is -2.01. The number of non-ortho nitro benzene ring substituents is 1. The quantitative estimate of drug-likeness (QED) is 0.359. The number of rotatable bonds is 3. The molecule has 1 unspecified atom stereocenters. The molecule has 166 valence electrons. The van der Waals surface area contributed by atoms with E-state index >= 15 is 0 Å². The van der Waals surface area contributed by atoms with Crippen LogP contribution in [0.3, 0.4) is 0 Å². The predicted octanol–water partition coefficient (Wildman–Crippen LogP) is 5.64. The fourth-order valence-corrected chi connectivity index (χ4v) is 8.41. The van der Waals surface area contributed by atoms with Crippen LogP contribution in [0.5, 0.6) is 0 Å². The maximum atomic E-state index is 13.3. The third kappa shape index (κ3) is 3.03. The van der Waals surface area contributed by atoms with Crippen LogP contribution in [0.1, 0.15) is 64.4 Å². The van der Waals surface area contributed by atoms with E-state index in [-0.39, 0.29) is 28.0 Å². The van der Waals surface area contributed by atoms with Gasteiger partial charge in [-0.25, -0.2) is 4.79 Å². The summed E-state index contributed by atoms with van der Waals surface area (Å²) in [6, 6.07) is 7.06. The average Bonchev–Trinajstić information content (AvgIpc) is 3.13. The van der Waals surface area contributed by atoms with Crippen molar-refractivity contribution in [3.8, 4) is 0 Å². The Morgan fingerprint density at radius 1 is 1.13 bits per heavy atom. The molecular weight excluding hydrogens is 388 g/mol. The molecule has 31 heavy (non-hydrogen) atoms. The lowest BCUT2D eigenvalue weighted by Gasteiger charge is -2.60. The first-order valence-corrected chi connectivity index (χ1v) is 12.0. The van der Waals surface area contributed by atoms with Crippen molar-refractivity contribution in [2.45, 2.75) is 71.4 Å². The molecule has 3 fully saturated rings. The van der Waals surface area contributed by atoms with Gasteiger partial charge in [0.05, 0.1) is 12.0 Å². The molecule has 5 nitrogen and oxygen atoms in total. The third-order valence-electron chi connectivity index (χ3n) is 9.92. The topological polar surface area (TPSA) is 60.2 Å². The Bertz CT molecular complexity index is 958. The number of carbonyl (C=O) groups is 1. The molecule has 0 radical (unpaired) electrons. The number of quaternary nitrogens is 1. The number of likely N-dealkylation sites (N-methyl/N-ethyl adjacent to an activating group) is 1. The average molecular weight is 424 g/mol. The van der Waals surface area contributed by atoms with Gasteiger partial charge in [-0.1, -0.05) is 38.5 Å². The SMILES string of the molecule is C[C@@]12CCC[C@H]1[C@@H]1CC[C@@H]3[C@](C)(C=CC(=O)[N+]3(C)Cc3cccc([N+](=O)[O-])c3)[C@H]1CC2. The number of nitro benzene ring substituents is 1. The second kappa shape index (κ2) is 6.99. The maximum absolute atomic E-state index is 13.3. The number of hydrogen-bond acceptors (Lipinski definition) is 3. The number of benzene rings is 1. The Balaban J connectivity index is 1.48. The lowest BCUT2D eigenvalue weighted by Crippen LogP contribution is -2.67. The first-order valence-electron chi connectivity index (χ1n) is 12.0. The van der Waals surface area contributed by atoms with Crippen LogP contribution in [0.15, 0.2) is 36.4 Å². The second-order valence-corrected chi connectivity index (χ2v) is 11.4. The molecule has 5 rings (SSSR count). The molecule has 1 aromatic carbocycles. The third-order valence-corrected chi connectivity index (χ3v) is 9.92. The van der Waals surface area contributed by atoms with Crippen LogP contribution in [-0.4, -0.2) is 28.4 Å². The molecule has 5 heteroatoms. The van der Waals surface area contributed by atoms with Crippen molar-refractivity contribution in [1.29, 1.82) is 0 Å². The van der Waals surface area contributed by atoms with Gasteiger partial charge in [-0.3, -0.25) is 14.6 Å². The van der Waals surface area contributed by atoms with Crippen molar-refractivity contribution in [3.05, 3.63) is 52.1 Å². The van der Waals surface area contributed by atoms with Gasteiger partial charge in [-0.05, 0) is 55.3 Å². The largest absolute Gasteiger partial charge is 0.338 e. The Kier molecular flexibility index (Phi) is 4.71. The lowest BCUT2D eigenvalue weighted by molar-refractivity contribution is -0.882. The summed E-state index contributed by atoms with van der Waals surface area (Å²) in [5.41, 5.74) is 1.51. The van der Waals surface area contributed by atoms with E-state index in [1.807, 2.05) is 12.1 Å². The van der Waals surface area contributed by atoms with Gasteiger partial charge in [-0.15, -0.1) is 0 Å². The van der Waals surface area contributed by atoms with Crippen LogP contribution in [0.25, 0.3) is 0 Å². The fourth-order valence-electron chi connectivity index (χ4n) is 8.41. The van der Waals surface area contributed by atoms with Gasteiger partial charge in [0.25, 0.3) is 5.69 Å². The van der Waals surface area contributed by atoms with E-state index in [2.05, 4.69) is 27.0 Å². The first-order chi connectivity index (χ1) is 14.7. The van der Waals surface area contributed by atoms with Crippen LogP contribution in [-0.2, 0) is 11.3 Å². The van der Waals surface area contributed by atoms with Crippen molar-refractivity contribution in [2.24, 2.45) is 28.6 Å². The Labute approximate surface area is 185 Å². The van der Waals surface area contributed by atoms with Gasteiger partial charge in [0.2, 0.25) is 0 Å². The summed E-state index contributed by atoms with van der Waals surface area (Å²) in [6.45, 7) is 5.45. The summed E-state index contributed by atoms with van der Waals surface area (Å²) >= 11 is 0. The summed E-state index contributed by atoms with van der Waals surface area (Å²) < 4.78 is 0.333. The molecule has 1 aromatic rings. The van der Waals surface area contributed by atoms with Crippen molar-refractivity contribution < 1.29 is 14.2 Å². The van der Waals surface area contributed by atoms with Gasteiger partial charge in [-0.2, -0.15) is 0 Å². The lowest BCUT2D eigenvalue weighted by atomic mass is 9.48. The van der Waals surface area contributed by atoms with Crippen molar-refractivity contribution >= 4 is 11.6 Å². The number of nitrogens with zero attached hydrogens (tertiary/aromatic N) is 2. The molecular formula is C26H35N2O3+. The highest BCUT2D eigenvalue weighted by Gasteiger charge is 2.62. The zero-order chi connectivity index (χ0) is 22.0. The standard InChI is InChI=1S/C26H35N2O3/c1-25-13-5-8-21(25)20-9-10-23-26(2,22(20)11-14-25)15-12-24(29)28(23,3)17-18-6-4-7-19(16-18)27(30)31/h4,6-7,12,15-16,20-23H,5,8-11,13-14,17H2,1-3H3/q+1/t20-,21-,22-,23+,25-,26+,28?/m0/s1. The molecule has 0 aromatic heterocycles.